The van der Waals surface area contributed by atoms with Gasteiger partial charge in [-0.3, -0.25) is 0 Å². The quantitative estimate of drug-likeness (QED) is 0.476. The van der Waals surface area contributed by atoms with Crippen molar-refractivity contribution in [2.24, 2.45) is 0 Å². The third-order valence-corrected chi connectivity index (χ3v) is 0.643. The monoisotopic (exact) mass is 95.1 g/mol. The predicted molar refractivity (Wildman–Crippen MR) is 26.8 cm³/mol. The minimum Gasteiger partial charge on any atom is -0.245 e. The lowest BCUT2D eigenvalue weighted by molar-refractivity contribution is 1.10. The fourth-order valence-corrected chi connectivity index (χ4v) is 0.318. The Kier molecular flexibility index (Phi) is 0.754. The molecule has 1 aromatic heterocycles. The molecule has 1 rings (SSSR count). The summed E-state index contributed by atoms with van der Waals surface area (Å²) in [6.45, 7) is 0.239. The number of aromatic nitrogens is 2. The molecule has 36 valence electrons. The summed E-state index contributed by atoms with van der Waals surface area (Å²) in [6, 6.07) is 1.73. The lowest BCUT2D eigenvalue weighted by Gasteiger charge is -1.81. The zero-order valence-corrected chi connectivity index (χ0v) is 3.83. The third kappa shape index (κ3) is 0.961. The van der Waals surface area contributed by atoms with Gasteiger partial charge in [0, 0.05) is 13.3 Å². The lowest BCUT2D eigenvalue weighted by Crippen LogP contribution is -1.77. The fourth-order valence-electron chi connectivity index (χ4n) is 0.318. The minimum atomic E-state index is 0.239. The zero-order chi connectivity index (χ0) is 5.82. The lowest BCUT2D eigenvalue weighted by atomic mass is 10.5. The standard InChI is InChI=1S/C5H6N2/c1-5-2-3-6-4-7-5/h2-4H,1H3/i1D. The van der Waals surface area contributed by atoms with E-state index in [1.54, 1.807) is 12.3 Å². The highest BCUT2D eigenvalue weighted by Gasteiger charge is 1.74. The van der Waals surface area contributed by atoms with Gasteiger partial charge < -0.3 is 0 Å². The van der Waals surface area contributed by atoms with Crippen LogP contribution in [0.1, 0.15) is 7.06 Å². The van der Waals surface area contributed by atoms with Crippen molar-refractivity contribution in [1.29, 1.82) is 0 Å². The molecule has 2 heteroatoms. The molecule has 0 aliphatic carbocycles. The van der Waals surface area contributed by atoms with Crippen LogP contribution in [0.25, 0.3) is 0 Å². The Labute approximate surface area is 43.6 Å². The number of nitrogens with zero attached hydrogens (tertiary/aromatic N) is 2. The van der Waals surface area contributed by atoms with Crippen LogP contribution >= 0.6 is 0 Å². The van der Waals surface area contributed by atoms with E-state index in [0.717, 1.165) is 5.69 Å². The van der Waals surface area contributed by atoms with Gasteiger partial charge in [-0.05, 0) is 13.0 Å². The fraction of sp³-hybridized carbons (Fsp3) is 0.200. The van der Waals surface area contributed by atoms with Crippen LogP contribution in [0.4, 0.5) is 0 Å². The van der Waals surface area contributed by atoms with Crippen molar-refractivity contribution in [3.8, 4) is 0 Å². The van der Waals surface area contributed by atoms with Crippen molar-refractivity contribution >= 4 is 0 Å². The van der Waals surface area contributed by atoms with E-state index in [1.165, 1.54) is 6.33 Å². The number of hydrogen-bond acceptors (Lipinski definition) is 2. The van der Waals surface area contributed by atoms with Crippen LogP contribution in [-0.2, 0) is 0 Å². The first-order valence-electron chi connectivity index (χ1n) is 2.68. The highest BCUT2D eigenvalue weighted by molar-refractivity contribution is 4.92. The Bertz CT molecular complexity index is 152. The molecule has 1 heterocycles. The van der Waals surface area contributed by atoms with Gasteiger partial charge in [0.15, 0.2) is 0 Å². The topological polar surface area (TPSA) is 25.8 Å². The number of hydrogen-bond donors (Lipinski definition) is 0. The Morgan fingerprint density at radius 2 is 2.86 bits per heavy atom. The summed E-state index contributed by atoms with van der Waals surface area (Å²) in [5.74, 6) is 0. The van der Waals surface area contributed by atoms with Gasteiger partial charge in [0.2, 0.25) is 0 Å². The summed E-state index contributed by atoms with van der Waals surface area (Å²) in [6.07, 6.45) is 3.08. The van der Waals surface area contributed by atoms with Crippen LogP contribution in [0, 0.1) is 6.90 Å². The van der Waals surface area contributed by atoms with E-state index in [2.05, 4.69) is 9.97 Å². The maximum absolute atomic E-state index is 6.85. The van der Waals surface area contributed by atoms with Crippen molar-refractivity contribution < 1.29 is 1.37 Å². The highest BCUT2D eigenvalue weighted by atomic mass is 14.8. The van der Waals surface area contributed by atoms with E-state index >= 15 is 0 Å². The van der Waals surface area contributed by atoms with Gasteiger partial charge in [0.05, 0.1) is 0 Å². The van der Waals surface area contributed by atoms with Crippen molar-refractivity contribution in [2.75, 3.05) is 0 Å². The van der Waals surface area contributed by atoms with Gasteiger partial charge in [-0.15, -0.1) is 0 Å². The second kappa shape index (κ2) is 1.69. The molecular formula is C5H6N2. The molecule has 0 bridgehead atoms. The van der Waals surface area contributed by atoms with Gasteiger partial charge in [0.1, 0.15) is 6.33 Å². The molecule has 0 spiro atoms. The van der Waals surface area contributed by atoms with Crippen LogP contribution in [0.2, 0.25) is 0 Å². The average Bonchev–Trinajstić information content (AvgIpc) is 1.90. The van der Waals surface area contributed by atoms with Crippen LogP contribution < -0.4 is 0 Å². The molecule has 0 aliphatic heterocycles. The summed E-state index contributed by atoms with van der Waals surface area (Å²) in [5.41, 5.74) is 0.764. The molecule has 0 amide bonds. The van der Waals surface area contributed by atoms with E-state index < -0.39 is 0 Å². The van der Waals surface area contributed by atoms with Crippen LogP contribution in [0.5, 0.6) is 0 Å². The van der Waals surface area contributed by atoms with E-state index in [0.29, 0.717) is 0 Å². The molecule has 0 N–H and O–H groups in total. The van der Waals surface area contributed by atoms with Crippen LogP contribution in [0.15, 0.2) is 18.6 Å². The first-order chi connectivity index (χ1) is 3.93. The summed E-state index contributed by atoms with van der Waals surface area (Å²) in [4.78, 5) is 7.50. The summed E-state index contributed by atoms with van der Waals surface area (Å²) >= 11 is 0. The Morgan fingerprint density at radius 1 is 1.86 bits per heavy atom. The normalized spacial score (nSPS) is 10.6. The van der Waals surface area contributed by atoms with Crippen LogP contribution in [-0.4, -0.2) is 9.97 Å². The largest absolute Gasteiger partial charge is 0.245 e. The Balaban J connectivity index is 2.83. The van der Waals surface area contributed by atoms with Crippen molar-refractivity contribution in [2.45, 2.75) is 6.90 Å². The maximum Gasteiger partial charge on any atom is 0.115 e. The molecule has 0 unspecified atom stereocenters. The molecule has 0 saturated carbocycles. The molecule has 7 heavy (non-hydrogen) atoms. The van der Waals surface area contributed by atoms with Crippen molar-refractivity contribution in [3.05, 3.63) is 24.3 Å². The van der Waals surface area contributed by atoms with E-state index in [1.807, 2.05) is 0 Å². The molecule has 0 saturated heterocycles. The van der Waals surface area contributed by atoms with Crippen molar-refractivity contribution in [3.63, 3.8) is 0 Å². The maximum atomic E-state index is 6.85. The Morgan fingerprint density at radius 3 is 3.29 bits per heavy atom. The molecule has 0 atom stereocenters. The molecule has 0 radical (unpaired) electrons. The minimum absolute atomic E-state index is 0.239. The Hall–Kier alpha value is -0.920. The first-order valence-corrected chi connectivity index (χ1v) is 1.97. The first kappa shape index (κ1) is 3.13. The van der Waals surface area contributed by atoms with Gasteiger partial charge >= 0.3 is 0 Å². The summed E-state index contributed by atoms with van der Waals surface area (Å²) < 4.78 is 6.85. The second-order valence-corrected chi connectivity index (χ2v) is 1.20. The smallest absolute Gasteiger partial charge is 0.115 e. The van der Waals surface area contributed by atoms with Gasteiger partial charge in [-0.1, -0.05) is 0 Å². The molecular weight excluding hydrogens is 88.1 g/mol. The number of rotatable bonds is 0. The summed E-state index contributed by atoms with van der Waals surface area (Å²) in [5, 5.41) is 0. The summed E-state index contributed by atoms with van der Waals surface area (Å²) in [7, 11) is 0. The molecule has 0 aliphatic rings. The van der Waals surface area contributed by atoms with Gasteiger partial charge in [0.25, 0.3) is 0 Å². The highest BCUT2D eigenvalue weighted by Crippen LogP contribution is 1.82. The van der Waals surface area contributed by atoms with E-state index in [-0.39, 0.29) is 6.90 Å². The van der Waals surface area contributed by atoms with Crippen LogP contribution in [0.3, 0.4) is 0 Å². The van der Waals surface area contributed by atoms with E-state index in [4.69, 9.17) is 1.37 Å². The van der Waals surface area contributed by atoms with E-state index in [9.17, 15) is 0 Å². The van der Waals surface area contributed by atoms with Gasteiger partial charge in [-0.25, -0.2) is 9.97 Å². The molecule has 1 aromatic rings. The molecule has 0 fully saturated rings. The SMILES string of the molecule is [2H]Cc1ccncn1. The predicted octanol–water partition coefficient (Wildman–Crippen LogP) is 0.785. The third-order valence-electron chi connectivity index (χ3n) is 0.643. The average molecular weight is 95.1 g/mol. The number of aryl methyl sites for hydroxylation is 1. The molecule has 2 nitrogen and oxygen atoms in total. The molecule has 0 aromatic carbocycles. The zero-order valence-electron chi connectivity index (χ0n) is 4.83. The van der Waals surface area contributed by atoms with Gasteiger partial charge in [-0.2, -0.15) is 0 Å². The second-order valence-electron chi connectivity index (χ2n) is 1.20. The van der Waals surface area contributed by atoms with Crippen molar-refractivity contribution in [1.82, 2.24) is 9.97 Å².